The molecule has 2 aromatic rings. The van der Waals surface area contributed by atoms with Crippen LogP contribution in [0.2, 0.25) is 0 Å². The van der Waals surface area contributed by atoms with Crippen molar-refractivity contribution in [2.75, 3.05) is 32.1 Å². The number of ether oxygens (including phenoxy) is 1. The van der Waals surface area contributed by atoms with E-state index in [9.17, 15) is 14.4 Å². The largest absolute Gasteiger partial charge is 0.383 e. The van der Waals surface area contributed by atoms with Crippen LogP contribution < -0.4 is 10.2 Å². The molecule has 1 aromatic carbocycles. The number of carbonyl (C=O) groups is 2. The number of hydrogen-bond acceptors (Lipinski definition) is 5. The molecule has 0 bridgehead atoms. The van der Waals surface area contributed by atoms with Crippen molar-refractivity contribution < 1.29 is 14.3 Å². The van der Waals surface area contributed by atoms with Crippen molar-refractivity contribution in [1.82, 2.24) is 9.47 Å². The minimum atomic E-state index is -0.299. The topological polar surface area (TPSA) is 80.6 Å². The molecule has 1 heterocycles. The Balaban J connectivity index is 2.08. The molecule has 0 radical (unpaired) electrons. The number of nitrogens with one attached hydrogen (secondary N) is 1. The van der Waals surface area contributed by atoms with E-state index < -0.39 is 0 Å². The Morgan fingerprint density at radius 1 is 1.26 bits per heavy atom. The average molecular weight is 391 g/mol. The monoisotopic (exact) mass is 391 g/mol. The number of anilines is 1. The van der Waals surface area contributed by atoms with Crippen LogP contribution in [-0.2, 0) is 20.9 Å². The Kier molecular flexibility index (Phi) is 7.32. The summed E-state index contributed by atoms with van der Waals surface area (Å²) in [6.07, 6.45) is 0. The highest BCUT2D eigenvalue weighted by atomic mass is 32.1. The summed E-state index contributed by atoms with van der Waals surface area (Å²) in [6, 6.07) is 5.67. The second-order valence-electron chi connectivity index (χ2n) is 6.33. The first-order chi connectivity index (χ1) is 12.8. The van der Waals surface area contributed by atoms with E-state index in [4.69, 9.17) is 4.74 Å². The summed E-state index contributed by atoms with van der Waals surface area (Å²) in [4.78, 5) is 38.2. The summed E-state index contributed by atoms with van der Waals surface area (Å²) < 4.78 is 6.46. The molecule has 0 saturated heterocycles. The molecule has 2 rings (SSSR count). The fourth-order valence-electron chi connectivity index (χ4n) is 2.57. The van der Waals surface area contributed by atoms with E-state index in [1.54, 1.807) is 12.3 Å². The number of rotatable bonds is 8. The highest BCUT2D eigenvalue weighted by Crippen LogP contribution is 2.17. The molecule has 0 aliphatic rings. The predicted molar refractivity (Wildman–Crippen MR) is 106 cm³/mol. The molecule has 0 spiro atoms. The molecule has 0 aliphatic heterocycles. The van der Waals surface area contributed by atoms with Crippen LogP contribution in [-0.4, -0.2) is 48.1 Å². The van der Waals surface area contributed by atoms with Crippen molar-refractivity contribution >= 4 is 28.8 Å². The third kappa shape index (κ3) is 5.51. The van der Waals surface area contributed by atoms with Gasteiger partial charge in [-0.3, -0.25) is 19.0 Å². The molecular formula is C19H25N3O4S. The smallest absolute Gasteiger partial charge is 0.307 e. The highest BCUT2D eigenvalue weighted by Gasteiger charge is 2.19. The van der Waals surface area contributed by atoms with E-state index in [-0.39, 0.29) is 36.3 Å². The molecule has 7 nitrogen and oxygen atoms in total. The van der Waals surface area contributed by atoms with Gasteiger partial charge in [-0.2, -0.15) is 0 Å². The molecule has 146 valence electrons. The van der Waals surface area contributed by atoms with Gasteiger partial charge in [0.15, 0.2) is 0 Å². The standard InChI is InChI=1S/C19H25N3O4S/c1-13-6-5-7-16(15(13)3)20-17(23)10-21(8-9-26-4)18(24)11-22-14(2)12-27-19(22)25/h5-7,12H,8-11H2,1-4H3,(H,20,23). The molecule has 0 unspecified atom stereocenters. The van der Waals surface area contributed by atoms with E-state index in [0.29, 0.717) is 6.61 Å². The number of nitrogens with zero attached hydrogens (tertiary/aromatic N) is 2. The molecular weight excluding hydrogens is 366 g/mol. The molecule has 0 atom stereocenters. The summed E-state index contributed by atoms with van der Waals surface area (Å²) in [5.41, 5.74) is 3.52. The maximum Gasteiger partial charge on any atom is 0.307 e. The zero-order chi connectivity index (χ0) is 20.0. The molecule has 8 heteroatoms. The van der Waals surface area contributed by atoms with Crippen LogP contribution in [0.3, 0.4) is 0 Å². The number of methoxy groups -OCH3 is 1. The first kappa shape index (κ1) is 20.9. The molecule has 2 amide bonds. The number of aryl methyl sites for hydroxylation is 2. The van der Waals surface area contributed by atoms with Gasteiger partial charge in [0.05, 0.1) is 6.61 Å². The number of amides is 2. The van der Waals surface area contributed by atoms with E-state index in [1.807, 2.05) is 32.0 Å². The van der Waals surface area contributed by atoms with Gasteiger partial charge in [-0.1, -0.05) is 23.5 Å². The molecule has 0 aliphatic carbocycles. The van der Waals surface area contributed by atoms with Gasteiger partial charge in [-0.05, 0) is 38.0 Å². The van der Waals surface area contributed by atoms with E-state index >= 15 is 0 Å². The summed E-state index contributed by atoms with van der Waals surface area (Å²) in [5.74, 6) is -0.589. The highest BCUT2D eigenvalue weighted by molar-refractivity contribution is 7.07. The van der Waals surface area contributed by atoms with E-state index in [1.165, 1.54) is 16.6 Å². The number of benzene rings is 1. The zero-order valence-electron chi connectivity index (χ0n) is 16.1. The third-order valence-corrected chi connectivity index (χ3v) is 5.28. The van der Waals surface area contributed by atoms with Crippen LogP contribution in [0.4, 0.5) is 5.69 Å². The number of hydrogen-bond donors (Lipinski definition) is 1. The first-order valence-electron chi connectivity index (χ1n) is 8.61. The lowest BCUT2D eigenvalue weighted by Crippen LogP contribution is -2.42. The summed E-state index contributed by atoms with van der Waals surface area (Å²) in [6.45, 7) is 6.07. The van der Waals surface area contributed by atoms with Crippen LogP contribution in [0.25, 0.3) is 0 Å². The van der Waals surface area contributed by atoms with Gasteiger partial charge >= 0.3 is 4.87 Å². The molecule has 0 fully saturated rings. The lowest BCUT2D eigenvalue weighted by molar-refractivity contribution is -0.135. The van der Waals surface area contributed by atoms with Crippen LogP contribution in [0, 0.1) is 20.8 Å². The average Bonchev–Trinajstić information content (AvgIpc) is 2.94. The molecule has 1 aromatic heterocycles. The fraction of sp³-hybridized carbons (Fsp3) is 0.421. The van der Waals surface area contributed by atoms with Gasteiger partial charge in [0.25, 0.3) is 0 Å². The Hall–Kier alpha value is -2.45. The third-order valence-electron chi connectivity index (χ3n) is 4.40. The lowest BCUT2D eigenvalue weighted by atomic mass is 10.1. The first-order valence-corrected chi connectivity index (χ1v) is 9.49. The second kappa shape index (κ2) is 9.48. The fourth-order valence-corrected chi connectivity index (χ4v) is 3.31. The molecule has 0 saturated carbocycles. The van der Waals surface area contributed by atoms with Gasteiger partial charge in [-0.15, -0.1) is 0 Å². The van der Waals surface area contributed by atoms with Crippen LogP contribution >= 0.6 is 11.3 Å². The number of thiazole rings is 1. The second-order valence-corrected chi connectivity index (χ2v) is 7.15. The van der Waals surface area contributed by atoms with Crippen LogP contribution in [0.1, 0.15) is 16.8 Å². The van der Waals surface area contributed by atoms with Crippen molar-refractivity contribution in [2.45, 2.75) is 27.3 Å². The normalized spacial score (nSPS) is 10.7. The number of carbonyl (C=O) groups excluding carboxylic acids is 2. The Labute approximate surface area is 162 Å². The quantitative estimate of drug-likeness (QED) is 0.746. The van der Waals surface area contributed by atoms with Gasteiger partial charge in [0, 0.05) is 30.4 Å². The van der Waals surface area contributed by atoms with Crippen LogP contribution in [0.5, 0.6) is 0 Å². The Morgan fingerprint density at radius 3 is 2.63 bits per heavy atom. The molecule has 27 heavy (non-hydrogen) atoms. The van der Waals surface area contributed by atoms with Gasteiger partial charge in [0.1, 0.15) is 13.1 Å². The van der Waals surface area contributed by atoms with Crippen molar-refractivity contribution in [3.8, 4) is 0 Å². The van der Waals surface area contributed by atoms with Crippen molar-refractivity contribution in [2.24, 2.45) is 0 Å². The van der Waals surface area contributed by atoms with Crippen molar-refractivity contribution in [3.05, 3.63) is 50.1 Å². The summed E-state index contributed by atoms with van der Waals surface area (Å²) in [7, 11) is 1.53. The Bertz CT molecular complexity index is 872. The Morgan fingerprint density at radius 2 is 2.00 bits per heavy atom. The number of aromatic nitrogens is 1. The van der Waals surface area contributed by atoms with E-state index in [2.05, 4.69) is 5.32 Å². The SMILES string of the molecule is COCCN(CC(=O)Nc1cccc(C)c1C)C(=O)Cn1c(C)csc1=O. The van der Waals surface area contributed by atoms with Gasteiger partial charge < -0.3 is 15.0 Å². The summed E-state index contributed by atoms with van der Waals surface area (Å²) in [5, 5.41) is 4.56. The zero-order valence-corrected chi connectivity index (χ0v) is 16.9. The van der Waals surface area contributed by atoms with Gasteiger partial charge in [0.2, 0.25) is 11.8 Å². The maximum atomic E-state index is 12.7. The predicted octanol–water partition coefficient (Wildman–Crippen LogP) is 1.95. The van der Waals surface area contributed by atoms with Crippen molar-refractivity contribution in [1.29, 1.82) is 0 Å². The minimum Gasteiger partial charge on any atom is -0.383 e. The van der Waals surface area contributed by atoms with Gasteiger partial charge in [-0.25, -0.2) is 0 Å². The van der Waals surface area contributed by atoms with Crippen LogP contribution in [0.15, 0.2) is 28.4 Å². The van der Waals surface area contributed by atoms with E-state index in [0.717, 1.165) is 33.8 Å². The summed E-state index contributed by atoms with van der Waals surface area (Å²) >= 11 is 1.05. The lowest BCUT2D eigenvalue weighted by Gasteiger charge is -2.22. The maximum absolute atomic E-state index is 12.7. The minimum absolute atomic E-state index is 0.0887. The molecule has 1 N–H and O–H groups in total. The van der Waals surface area contributed by atoms with Crippen molar-refractivity contribution in [3.63, 3.8) is 0 Å².